The van der Waals surface area contributed by atoms with Gasteiger partial charge in [-0.3, -0.25) is 14.0 Å². The second-order valence-corrected chi connectivity index (χ2v) is 9.11. The zero-order valence-corrected chi connectivity index (χ0v) is 20.1. The minimum absolute atomic E-state index is 0.0111. The third kappa shape index (κ3) is 4.24. The molecule has 2 aromatic heterocycles. The van der Waals surface area contributed by atoms with Crippen molar-refractivity contribution in [3.8, 4) is 0 Å². The van der Waals surface area contributed by atoms with Crippen LogP contribution < -0.4 is 0 Å². The summed E-state index contributed by atoms with van der Waals surface area (Å²) in [5.41, 5.74) is 2.16. The fourth-order valence-corrected chi connectivity index (χ4v) is 4.53. The number of nitrogens with zero attached hydrogens (tertiary/aromatic N) is 4. The highest BCUT2D eigenvalue weighted by Gasteiger charge is 2.46. The van der Waals surface area contributed by atoms with Gasteiger partial charge in [-0.2, -0.15) is 0 Å². The Morgan fingerprint density at radius 2 is 1.91 bits per heavy atom. The lowest BCUT2D eigenvalue weighted by Gasteiger charge is -2.26. The Labute approximate surface area is 201 Å². The van der Waals surface area contributed by atoms with Crippen LogP contribution in [-0.2, 0) is 9.59 Å². The molecule has 0 unspecified atom stereocenters. The van der Waals surface area contributed by atoms with Crippen LogP contribution in [0.3, 0.4) is 0 Å². The van der Waals surface area contributed by atoms with Gasteiger partial charge in [0.1, 0.15) is 11.3 Å². The first-order valence-corrected chi connectivity index (χ1v) is 11.3. The van der Waals surface area contributed by atoms with E-state index in [9.17, 15) is 14.7 Å². The van der Waals surface area contributed by atoms with Gasteiger partial charge in [0.2, 0.25) is 0 Å². The normalized spacial score (nSPS) is 18.1. The number of likely N-dealkylation sites (tertiary alicyclic amines) is 1. The zero-order valence-electron chi connectivity index (χ0n) is 18.5. The maximum atomic E-state index is 13.2. The molecule has 3 heterocycles. The van der Waals surface area contributed by atoms with Gasteiger partial charge in [0, 0.05) is 12.7 Å². The van der Waals surface area contributed by atoms with Crippen molar-refractivity contribution in [1.82, 2.24) is 19.2 Å². The van der Waals surface area contributed by atoms with Crippen LogP contribution in [-0.4, -0.2) is 63.2 Å². The smallest absolute Gasteiger partial charge is 0.295 e. The summed E-state index contributed by atoms with van der Waals surface area (Å²) < 4.78 is 1.70. The molecule has 9 heteroatoms. The summed E-state index contributed by atoms with van der Waals surface area (Å²) in [4.78, 5) is 34.3. The fraction of sp³-hybridized carbons (Fsp3) is 0.292. The highest BCUT2D eigenvalue weighted by molar-refractivity contribution is 6.46. The maximum absolute atomic E-state index is 13.2. The van der Waals surface area contributed by atoms with Crippen LogP contribution in [0, 0.1) is 6.92 Å². The molecule has 1 amide bonds. The Morgan fingerprint density at radius 1 is 1.15 bits per heavy atom. The Bertz CT molecular complexity index is 1280. The molecule has 172 valence electrons. The van der Waals surface area contributed by atoms with Crippen molar-refractivity contribution in [2.24, 2.45) is 0 Å². The summed E-state index contributed by atoms with van der Waals surface area (Å²) in [7, 11) is 3.89. The first kappa shape index (κ1) is 23.3. The van der Waals surface area contributed by atoms with E-state index < -0.39 is 17.7 Å². The van der Waals surface area contributed by atoms with E-state index in [1.807, 2.05) is 25.1 Å². The average Bonchev–Trinajstić information content (AvgIpc) is 3.23. The number of aryl methyl sites for hydroxylation is 1. The lowest BCUT2D eigenvalue weighted by atomic mass is 9.96. The van der Waals surface area contributed by atoms with Crippen LogP contribution >= 0.6 is 23.2 Å². The Morgan fingerprint density at radius 3 is 2.61 bits per heavy atom. The number of hydrogen-bond acceptors (Lipinski definition) is 5. The first-order valence-electron chi connectivity index (χ1n) is 10.5. The number of Topliss-reactive ketones (excluding diaryl/α,β-unsaturated/α-hetero) is 1. The van der Waals surface area contributed by atoms with E-state index >= 15 is 0 Å². The standard InChI is InChI=1S/C24H24Cl2N4O3/c1-14-20(29-11-5-4-7-18(29)27-14)22(31)19-21(15-8-9-16(25)17(26)13-15)30(24(33)23(19)32)12-6-10-28(2)3/h4-5,7-9,11,13,21,31H,6,10,12H2,1-3H3/b22-19+/t21-/m1/s1. The molecular weight excluding hydrogens is 463 g/mol. The van der Waals surface area contributed by atoms with Gasteiger partial charge in [0.25, 0.3) is 11.7 Å². The Balaban J connectivity index is 1.90. The van der Waals surface area contributed by atoms with E-state index in [0.717, 1.165) is 6.54 Å². The number of fused-ring (bicyclic) bond motifs is 1. The van der Waals surface area contributed by atoms with Crippen molar-refractivity contribution < 1.29 is 14.7 Å². The summed E-state index contributed by atoms with van der Waals surface area (Å²) in [5.74, 6) is -1.66. The quantitative estimate of drug-likeness (QED) is 0.318. The largest absolute Gasteiger partial charge is 0.505 e. The van der Waals surface area contributed by atoms with E-state index in [2.05, 4.69) is 4.98 Å². The van der Waals surface area contributed by atoms with E-state index in [1.54, 1.807) is 47.9 Å². The third-order valence-electron chi connectivity index (χ3n) is 5.73. The SMILES string of the molecule is Cc1nc2ccccn2c1/C(O)=C1\C(=O)C(=O)N(CCCN(C)C)[C@@H]1c1ccc(Cl)c(Cl)c1. The van der Waals surface area contributed by atoms with Crippen molar-refractivity contribution in [2.45, 2.75) is 19.4 Å². The van der Waals surface area contributed by atoms with Gasteiger partial charge < -0.3 is 14.9 Å². The second kappa shape index (κ2) is 9.17. The molecule has 0 radical (unpaired) electrons. The van der Waals surface area contributed by atoms with Crippen LogP contribution in [0.2, 0.25) is 10.0 Å². The Hall–Kier alpha value is -2.87. The minimum Gasteiger partial charge on any atom is -0.505 e. The molecule has 33 heavy (non-hydrogen) atoms. The predicted molar refractivity (Wildman–Crippen MR) is 129 cm³/mol. The molecule has 4 rings (SSSR count). The van der Waals surface area contributed by atoms with E-state index in [4.69, 9.17) is 23.2 Å². The van der Waals surface area contributed by atoms with Crippen molar-refractivity contribution in [3.05, 3.63) is 75.2 Å². The number of aliphatic hydroxyl groups excluding tert-OH is 1. The number of carbonyl (C=O) groups excluding carboxylic acids is 2. The number of rotatable bonds is 6. The number of benzene rings is 1. The van der Waals surface area contributed by atoms with Crippen LogP contribution in [0.4, 0.5) is 0 Å². The lowest BCUT2D eigenvalue weighted by Crippen LogP contribution is -2.32. The van der Waals surface area contributed by atoms with Crippen LogP contribution in [0.5, 0.6) is 0 Å². The van der Waals surface area contributed by atoms with Gasteiger partial charge in [0.05, 0.1) is 27.4 Å². The third-order valence-corrected chi connectivity index (χ3v) is 6.47. The second-order valence-electron chi connectivity index (χ2n) is 8.30. The number of hydrogen-bond donors (Lipinski definition) is 1. The summed E-state index contributed by atoms with van der Waals surface area (Å²) in [6.45, 7) is 2.84. The monoisotopic (exact) mass is 486 g/mol. The van der Waals surface area contributed by atoms with Crippen LogP contribution in [0.1, 0.15) is 29.4 Å². The number of aromatic nitrogens is 2. The molecule has 0 spiro atoms. The fourth-order valence-electron chi connectivity index (χ4n) is 4.22. The molecule has 1 aliphatic heterocycles. The lowest BCUT2D eigenvalue weighted by molar-refractivity contribution is -0.139. The number of carbonyl (C=O) groups is 2. The summed E-state index contributed by atoms with van der Waals surface area (Å²) in [6.07, 6.45) is 2.41. The summed E-state index contributed by atoms with van der Waals surface area (Å²) >= 11 is 12.4. The zero-order chi connectivity index (χ0) is 23.9. The van der Waals surface area contributed by atoms with Gasteiger partial charge >= 0.3 is 0 Å². The van der Waals surface area contributed by atoms with Crippen molar-refractivity contribution >= 4 is 46.3 Å². The van der Waals surface area contributed by atoms with Crippen molar-refractivity contribution in [3.63, 3.8) is 0 Å². The molecule has 7 nitrogen and oxygen atoms in total. The van der Waals surface area contributed by atoms with Crippen LogP contribution in [0.25, 0.3) is 11.4 Å². The number of ketones is 1. The molecule has 0 bridgehead atoms. The van der Waals surface area contributed by atoms with Crippen molar-refractivity contribution in [2.75, 3.05) is 27.2 Å². The minimum atomic E-state index is -0.796. The molecule has 1 aromatic carbocycles. The molecular formula is C24H24Cl2N4O3. The molecule has 1 fully saturated rings. The molecule has 0 saturated carbocycles. The molecule has 3 aromatic rings. The summed E-state index contributed by atoms with van der Waals surface area (Å²) in [5, 5.41) is 12.1. The van der Waals surface area contributed by atoms with E-state index in [-0.39, 0.29) is 11.3 Å². The number of aliphatic hydroxyl groups is 1. The van der Waals surface area contributed by atoms with Gasteiger partial charge in [-0.25, -0.2) is 4.98 Å². The highest BCUT2D eigenvalue weighted by Crippen LogP contribution is 2.41. The predicted octanol–water partition coefficient (Wildman–Crippen LogP) is 4.32. The number of pyridine rings is 1. The first-order chi connectivity index (χ1) is 15.7. The molecule has 1 atom stereocenters. The van der Waals surface area contributed by atoms with Gasteiger partial charge in [-0.15, -0.1) is 0 Å². The van der Waals surface area contributed by atoms with Crippen LogP contribution in [0.15, 0.2) is 48.2 Å². The van der Waals surface area contributed by atoms with E-state index in [0.29, 0.717) is 45.6 Å². The average molecular weight is 487 g/mol. The van der Waals surface area contributed by atoms with Crippen molar-refractivity contribution in [1.29, 1.82) is 0 Å². The molecule has 0 aliphatic carbocycles. The van der Waals surface area contributed by atoms with Gasteiger partial charge in [0.15, 0.2) is 5.76 Å². The molecule has 1 saturated heterocycles. The Kier molecular flexibility index (Phi) is 6.47. The number of amides is 1. The molecule has 1 aliphatic rings. The number of halogens is 2. The number of imidazole rings is 1. The van der Waals surface area contributed by atoms with Gasteiger partial charge in [-0.1, -0.05) is 35.3 Å². The van der Waals surface area contributed by atoms with Gasteiger partial charge in [-0.05, 0) is 63.8 Å². The highest BCUT2D eigenvalue weighted by atomic mass is 35.5. The maximum Gasteiger partial charge on any atom is 0.295 e. The summed E-state index contributed by atoms with van der Waals surface area (Å²) in [6, 6.07) is 9.63. The topological polar surface area (TPSA) is 78.1 Å². The molecule has 1 N–H and O–H groups in total. The van der Waals surface area contributed by atoms with E-state index in [1.165, 1.54) is 4.90 Å².